The molecular weight excluding hydrogens is 488 g/mol. The smallest absolute Gasteiger partial charge is 0.239 e. The number of aliphatic imine (C=N–C) groups is 1. The number of carbonyl (C=O) groups is 1. The van der Waals surface area contributed by atoms with Gasteiger partial charge in [0.05, 0.1) is 18.4 Å². The van der Waals surface area contributed by atoms with Crippen molar-refractivity contribution in [3.63, 3.8) is 0 Å². The van der Waals surface area contributed by atoms with E-state index in [1.807, 2.05) is 6.92 Å². The zero-order chi connectivity index (χ0) is 22.5. The normalized spacial score (nSPS) is 27.4. The summed E-state index contributed by atoms with van der Waals surface area (Å²) in [4.78, 5) is 26.8. The van der Waals surface area contributed by atoms with Gasteiger partial charge in [0, 0.05) is 25.6 Å². The number of amidine groups is 1. The second-order valence-electron chi connectivity index (χ2n) is 7.82. The molecule has 2 N–H and O–H groups in total. The number of fused-ring (bicyclic) bond motifs is 1. The number of nitrogens with two attached hydrogens (primary N) is 1. The van der Waals surface area contributed by atoms with Crippen LogP contribution < -0.4 is 5.73 Å². The molecule has 1 fully saturated rings. The highest BCUT2D eigenvalue weighted by molar-refractivity contribution is 9.10. The number of amides is 1. The van der Waals surface area contributed by atoms with Crippen LogP contribution >= 0.6 is 27.7 Å². The first-order chi connectivity index (χ1) is 14.6. The Morgan fingerprint density at radius 3 is 2.71 bits per heavy atom. The average Bonchev–Trinajstić information content (AvgIpc) is 3.33. The highest BCUT2D eigenvalue weighted by Crippen LogP contribution is 2.68. The molecule has 1 aliphatic heterocycles. The van der Waals surface area contributed by atoms with Crippen LogP contribution in [-0.2, 0) is 4.79 Å². The van der Waals surface area contributed by atoms with Crippen molar-refractivity contribution in [2.75, 3.05) is 14.1 Å². The number of hydrogen-bond acceptors (Lipinski definition) is 6. The molecule has 1 aromatic heterocycles. The van der Waals surface area contributed by atoms with Crippen molar-refractivity contribution in [1.29, 1.82) is 0 Å². The minimum atomic E-state index is -0.753. The average molecular weight is 508 g/mol. The fourth-order valence-electron chi connectivity index (χ4n) is 4.18. The maximum Gasteiger partial charge on any atom is 0.239 e. The summed E-state index contributed by atoms with van der Waals surface area (Å²) in [6.45, 7) is 1.95. The molecule has 1 amide bonds. The van der Waals surface area contributed by atoms with Crippen LogP contribution in [0.1, 0.15) is 29.8 Å². The molecule has 1 aromatic carbocycles. The molecule has 0 bridgehead atoms. The van der Waals surface area contributed by atoms with Gasteiger partial charge in [-0.1, -0.05) is 24.8 Å². The lowest BCUT2D eigenvalue weighted by atomic mass is 9.97. The molecule has 162 valence electrons. The molecule has 0 saturated heterocycles. The molecule has 0 radical (unpaired) electrons. The molecule has 2 heterocycles. The van der Waals surface area contributed by atoms with Gasteiger partial charge in [0.25, 0.3) is 0 Å². The summed E-state index contributed by atoms with van der Waals surface area (Å²) in [5.74, 6) is -1.36. The molecule has 2 aliphatic rings. The topological polar surface area (TPSA) is 84.5 Å². The van der Waals surface area contributed by atoms with Crippen LogP contribution in [0.2, 0.25) is 0 Å². The van der Waals surface area contributed by atoms with Crippen molar-refractivity contribution in [1.82, 2.24) is 14.9 Å². The van der Waals surface area contributed by atoms with Gasteiger partial charge in [0.2, 0.25) is 5.91 Å². The summed E-state index contributed by atoms with van der Waals surface area (Å²) in [6.07, 6.45) is 3.96. The standard InChI is InChI=1S/C21H20BrF2N5OS/c1-10-17-18(28-20(25)31-21(10,17)19(30)29(2)3)12-6-11(4-5-13(12)23)7-14(24)15-8-27-16(22)9-26-15/h4-10,17-18H,1-3H3,(H2,25,28)/b14-7-/t10-,17?,18?,21?/m0/s1. The number of nitrogens with zero attached hydrogens (tertiary/aromatic N) is 4. The number of thioether (sulfide) groups is 1. The predicted molar refractivity (Wildman–Crippen MR) is 121 cm³/mol. The van der Waals surface area contributed by atoms with E-state index in [1.54, 1.807) is 20.2 Å². The monoisotopic (exact) mass is 507 g/mol. The fraction of sp³-hybridized carbons (Fsp3) is 0.333. The van der Waals surface area contributed by atoms with Gasteiger partial charge < -0.3 is 10.6 Å². The van der Waals surface area contributed by atoms with Crippen molar-refractivity contribution in [3.8, 4) is 0 Å². The fourth-order valence-corrected chi connectivity index (χ4v) is 5.90. The summed E-state index contributed by atoms with van der Waals surface area (Å²) in [5.41, 5.74) is 6.85. The van der Waals surface area contributed by atoms with E-state index in [4.69, 9.17) is 5.73 Å². The predicted octanol–water partition coefficient (Wildman–Crippen LogP) is 4.04. The largest absolute Gasteiger partial charge is 0.378 e. The van der Waals surface area contributed by atoms with Gasteiger partial charge in [-0.15, -0.1) is 0 Å². The van der Waals surface area contributed by atoms with Crippen molar-refractivity contribution < 1.29 is 13.6 Å². The van der Waals surface area contributed by atoms with Gasteiger partial charge in [-0.05, 0) is 45.6 Å². The molecule has 4 rings (SSSR count). The van der Waals surface area contributed by atoms with Crippen LogP contribution in [0.5, 0.6) is 0 Å². The number of carbonyl (C=O) groups excluding carboxylic acids is 1. The van der Waals surface area contributed by atoms with Crippen molar-refractivity contribution in [2.45, 2.75) is 17.7 Å². The molecule has 1 aliphatic carbocycles. The molecule has 31 heavy (non-hydrogen) atoms. The Balaban J connectivity index is 1.70. The van der Waals surface area contributed by atoms with Gasteiger partial charge in [-0.3, -0.25) is 9.79 Å². The molecular formula is C21H20BrF2N5OS. The number of benzene rings is 1. The molecule has 1 saturated carbocycles. The molecule has 10 heteroatoms. The Morgan fingerprint density at radius 1 is 1.32 bits per heavy atom. The third-order valence-corrected chi connectivity index (χ3v) is 7.60. The Hall–Kier alpha value is -2.33. The van der Waals surface area contributed by atoms with Gasteiger partial charge in [-0.2, -0.15) is 0 Å². The first-order valence-electron chi connectivity index (χ1n) is 9.53. The molecule has 4 atom stereocenters. The molecule has 2 aromatic rings. The van der Waals surface area contributed by atoms with E-state index < -0.39 is 22.4 Å². The SMILES string of the molecule is C[C@H]1C2C(c3cc(/C=C(\F)c4cnc(Br)cn4)ccc3F)N=C(N)SC21C(=O)N(C)C. The summed E-state index contributed by atoms with van der Waals surface area (Å²) >= 11 is 4.40. The van der Waals surface area contributed by atoms with E-state index >= 15 is 0 Å². The number of aromatic nitrogens is 2. The summed E-state index contributed by atoms with van der Waals surface area (Å²) in [7, 11) is 3.38. The van der Waals surface area contributed by atoms with Gasteiger partial charge >= 0.3 is 0 Å². The second-order valence-corrected chi connectivity index (χ2v) is 9.93. The maximum atomic E-state index is 14.8. The Bertz CT molecular complexity index is 1110. The molecule has 6 nitrogen and oxygen atoms in total. The van der Waals surface area contributed by atoms with Gasteiger partial charge in [0.15, 0.2) is 11.0 Å². The van der Waals surface area contributed by atoms with E-state index in [2.05, 4.69) is 30.9 Å². The van der Waals surface area contributed by atoms with Crippen LogP contribution in [-0.4, -0.2) is 44.8 Å². The van der Waals surface area contributed by atoms with Crippen molar-refractivity contribution in [3.05, 3.63) is 57.8 Å². The zero-order valence-corrected chi connectivity index (χ0v) is 19.4. The summed E-state index contributed by atoms with van der Waals surface area (Å²) in [5, 5.41) is 0.248. The van der Waals surface area contributed by atoms with Crippen LogP contribution in [0, 0.1) is 17.7 Å². The lowest BCUT2D eigenvalue weighted by Crippen LogP contribution is -2.39. The third kappa shape index (κ3) is 3.76. The van der Waals surface area contributed by atoms with E-state index in [1.165, 1.54) is 47.3 Å². The van der Waals surface area contributed by atoms with Crippen LogP contribution in [0.25, 0.3) is 11.9 Å². The minimum absolute atomic E-state index is 0.0319. The van der Waals surface area contributed by atoms with E-state index in [9.17, 15) is 13.6 Å². The summed E-state index contributed by atoms with van der Waals surface area (Å²) in [6, 6.07) is 3.68. The van der Waals surface area contributed by atoms with Crippen molar-refractivity contribution in [2.24, 2.45) is 22.6 Å². The van der Waals surface area contributed by atoms with E-state index in [0.29, 0.717) is 10.2 Å². The van der Waals surface area contributed by atoms with E-state index in [0.717, 1.165) is 0 Å². The lowest BCUT2D eigenvalue weighted by Gasteiger charge is -2.27. The second kappa shape index (κ2) is 7.98. The van der Waals surface area contributed by atoms with Crippen LogP contribution in [0.15, 0.2) is 40.2 Å². The first-order valence-corrected chi connectivity index (χ1v) is 11.1. The van der Waals surface area contributed by atoms with Crippen LogP contribution in [0.4, 0.5) is 8.78 Å². The minimum Gasteiger partial charge on any atom is -0.378 e. The highest BCUT2D eigenvalue weighted by Gasteiger charge is 2.73. The van der Waals surface area contributed by atoms with Crippen LogP contribution in [0.3, 0.4) is 0 Å². The highest BCUT2D eigenvalue weighted by atomic mass is 79.9. The Kier molecular flexibility index (Phi) is 5.63. The number of hydrogen-bond donors (Lipinski definition) is 1. The lowest BCUT2D eigenvalue weighted by molar-refractivity contribution is -0.129. The molecule has 0 spiro atoms. The third-order valence-electron chi connectivity index (χ3n) is 5.72. The first kappa shape index (κ1) is 21.9. The Labute approximate surface area is 191 Å². The van der Waals surface area contributed by atoms with Gasteiger partial charge in [0.1, 0.15) is 20.9 Å². The van der Waals surface area contributed by atoms with E-state index in [-0.39, 0.29) is 34.2 Å². The zero-order valence-electron chi connectivity index (χ0n) is 17.0. The Morgan fingerprint density at radius 2 is 2.06 bits per heavy atom. The van der Waals surface area contributed by atoms with Gasteiger partial charge in [-0.25, -0.2) is 18.7 Å². The molecule has 3 unspecified atom stereocenters. The number of halogens is 3. The van der Waals surface area contributed by atoms with Crippen molar-refractivity contribution >= 4 is 50.7 Å². The number of rotatable bonds is 4. The maximum absolute atomic E-state index is 14.8. The summed E-state index contributed by atoms with van der Waals surface area (Å²) < 4.78 is 29.2. The quantitative estimate of drug-likeness (QED) is 0.674.